The van der Waals surface area contributed by atoms with E-state index in [1.165, 1.54) is 48.3 Å². The molecule has 7 nitrogen and oxygen atoms in total. The average molecular weight is 383 g/mol. The Balaban J connectivity index is 1.91. The van der Waals surface area contributed by atoms with Gasteiger partial charge in [-0.15, -0.1) is 5.10 Å². The van der Waals surface area contributed by atoms with Crippen LogP contribution in [0.1, 0.15) is 0 Å². The Labute approximate surface area is 148 Å². The Hall–Kier alpha value is -2.65. The number of sulfonamides is 1. The van der Waals surface area contributed by atoms with Crippen molar-refractivity contribution < 1.29 is 17.5 Å². The number of rotatable bonds is 5. The minimum absolute atomic E-state index is 0.0199. The normalized spacial score (nSPS) is 11.3. The Kier molecular flexibility index (Phi) is 4.60. The van der Waals surface area contributed by atoms with Gasteiger partial charge in [0.2, 0.25) is 0 Å². The van der Waals surface area contributed by atoms with E-state index in [2.05, 4.69) is 14.8 Å². The first-order valence-electron chi connectivity index (χ1n) is 6.93. The average Bonchev–Trinajstić information content (AvgIpc) is 3.02. The van der Waals surface area contributed by atoms with Crippen molar-refractivity contribution in [1.29, 1.82) is 0 Å². The summed E-state index contributed by atoms with van der Waals surface area (Å²) in [5.41, 5.74) is 0. The second-order valence-corrected chi connectivity index (χ2v) is 6.88. The molecule has 0 saturated heterocycles. The van der Waals surface area contributed by atoms with Gasteiger partial charge in [0.1, 0.15) is 16.5 Å². The van der Waals surface area contributed by atoms with Gasteiger partial charge in [-0.2, -0.15) is 0 Å². The Morgan fingerprint density at radius 1 is 1.24 bits per heavy atom. The highest BCUT2D eigenvalue weighted by Crippen LogP contribution is 2.32. The largest absolute Gasteiger partial charge is 0.495 e. The summed E-state index contributed by atoms with van der Waals surface area (Å²) in [5.74, 6) is 0.0116. The zero-order valence-corrected chi connectivity index (χ0v) is 14.4. The first-order valence-corrected chi connectivity index (χ1v) is 8.80. The minimum atomic E-state index is -4.03. The summed E-state index contributed by atoms with van der Waals surface area (Å²) in [7, 11) is -2.68. The van der Waals surface area contributed by atoms with Crippen LogP contribution >= 0.6 is 11.6 Å². The van der Waals surface area contributed by atoms with E-state index >= 15 is 0 Å². The van der Waals surface area contributed by atoms with E-state index in [4.69, 9.17) is 16.3 Å². The fourth-order valence-corrected chi connectivity index (χ4v) is 3.81. The molecule has 1 aromatic carbocycles. The lowest BCUT2D eigenvalue weighted by Gasteiger charge is -2.11. The summed E-state index contributed by atoms with van der Waals surface area (Å²) >= 11 is 6.00. The van der Waals surface area contributed by atoms with E-state index in [1.807, 2.05) is 0 Å². The molecule has 1 N–H and O–H groups in total. The quantitative estimate of drug-likeness (QED) is 0.733. The Morgan fingerprint density at radius 3 is 2.72 bits per heavy atom. The second kappa shape index (κ2) is 6.69. The molecule has 0 aliphatic carbocycles. The second-order valence-electron chi connectivity index (χ2n) is 4.86. The van der Waals surface area contributed by atoms with E-state index in [9.17, 15) is 12.8 Å². The molecule has 0 aliphatic rings. The summed E-state index contributed by atoms with van der Waals surface area (Å²) in [6, 6.07) is 8.59. The molecule has 0 aliphatic heterocycles. The molecule has 3 rings (SSSR count). The van der Waals surface area contributed by atoms with Crippen LogP contribution in [0.2, 0.25) is 5.02 Å². The molecule has 0 fully saturated rings. The van der Waals surface area contributed by atoms with Crippen LogP contribution in [0.25, 0.3) is 5.82 Å². The van der Waals surface area contributed by atoms with E-state index in [-0.39, 0.29) is 21.5 Å². The van der Waals surface area contributed by atoms with Crippen molar-refractivity contribution >= 4 is 27.4 Å². The van der Waals surface area contributed by atoms with E-state index in [0.717, 1.165) is 6.20 Å². The number of aromatic nitrogens is 3. The molecule has 0 bridgehead atoms. The molecule has 0 unspecified atom stereocenters. The number of anilines is 1. The predicted octanol–water partition coefficient (Wildman–Crippen LogP) is 2.87. The number of benzene rings is 1. The van der Waals surface area contributed by atoms with Gasteiger partial charge in [-0.3, -0.25) is 4.72 Å². The molecule has 0 spiro atoms. The summed E-state index contributed by atoms with van der Waals surface area (Å²) in [6.07, 6.45) is 2.53. The molecule has 10 heteroatoms. The standard InChI is InChI=1S/C15H12ClFN4O3S/c1-24-12-4-2-3-11(16)15(12)25(22,23)20-13-7-8-21(19-13)14-6-5-10(17)9-18-14/h2-9H,1H3,(H,19,20). The lowest BCUT2D eigenvalue weighted by molar-refractivity contribution is 0.403. The van der Waals surface area contributed by atoms with Gasteiger partial charge in [-0.1, -0.05) is 17.7 Å². The number of nitrogens with zero attached hydrogens (tertiary/aromatic N) is 3. The van der Waals surface area contributed by atoms with Gasteiger partial charge in [0, 0.05) is 12.3 Å². The van der Waals surface area contributed by atoms with Crippen LogP contribution in [0, 0.1) is 5.82 Å². The zero-order chi connectivity index (χ0) is 18.0. The van der Waals surface area contributed by atoms with E-state index < -0.39 is 15.8 Å². The number of nitrogens with one attached hydrogen (secondary N) is 1. The van der Waals surface area contributed by atoms with E-state index in [1.54, 1.807) is 6.07 Å². The molecule has 0 saturated carbocycles. The Bertz CT molecular complexity index is 1010. The highest BCUT2D eigenvalue weighted by Gasteiger charge is 2.24. The minimum Gasteiger partial charge on any atom is -0.495 e. The van der Waals surface area contributed by atoms with Crippen molar-refractivity contribution in [3.63, 3.8) is 0 Å². The van der Waals surface area contributed by atoms with Crippen molar-refractivity contribution in [2.24, 2.45) is 0 Å². The van der Waals surface area contributed by atoms with E-state index in [0.29, 0.717) is 5.82 Å². The lowest BCUT2D eigenvalue weighted by Crippen LogP contribution is -2.15. The van der Waals surface area contributed by atoms with Crippen LogP contribution in [0.15, 0.2) is 53.7 Å². The van der Waals surface area contributed by atoms with Crippen LogP contribution in [0.3, 0.4) is 0 Å². The zero-order valence-electron chi connectivity index (χ0n) is 12.8. The third-order valence-corrected chi connectivity index (χ3v) is 5.06. The van der Waals surface area contributed by atoms with Gasteiger partial charge in [-0.05, 0) is 24.3 Å². The number of methoxy groups -OCH3 is 1. The molecule has 130 valence electrons. The number of ether oxygens (including phenoxy) is 1. The monoisotopic (exact) mass is 382 g/mol. The summed E-state index contributed by atoms with van der Waals surface area (Å²) in [5, 5.41) is 4.08. The van der Waals surface area contributed by atoms with Gasteiger partial charge in [0.15, 0.2) is 11.6 Å². The topological polar surface area (TPSA) is 86.1 Å². The SMILES string of the molecule is COc1cccc(Cl)c1S(=O)(=O)Nc1ccn(-c2ccc(F)cn2)n1. The van der Waals surface area contributed by atoms with Gasteiger partial charge in [-0.25, -0.2) is 22.5 Å². The fraction of sp³-hybridized carbons (Fsp3) is 0.0667. The van der Waals surface area contributed by atoms with Gasteiger partial charge >= 0.3 is 0 Å². The van der Waals surface area contributed by atoms with Gasteiger partial charge < -0.3 is 4.74 Å². The van der Waals surface area contributed by atoms with Gasteiger partial charge in [0.05, 0.1) is 18.3 Å². The summed E-state index contributed by atoms with van der Waals surface area (Å²) in [4.78, 5) is 3.68. The van der Waals surface area contributed by atoms with Gasteiger partial charge in [0.25, 0.3) is 10.0 Å². The summed E-state index contributed by atoms with van der Waals surface area (Å²) < 4.78 is 46.8. The number of hydrogen-bond donors (Lipinski definition) is 1. The Morgan fingerprint density at radius 2 is 2.04 bits per heavy atom. The van der Waals surface area contributed by atoms with Crippen LogP contribution in [-0.2, 0) is 10.0 Å². The lowest BCUT2D eigenvalue weighted by atomic mass is 10.3. The van der Waals surface area contributed by atoms with Crippen molar-refractivity contribution in [3.05, 3.63) is 59.6 Å². The third-order valence-electron chi connectivity index (χ3n) is 3.19. The van der Waals surface area contributed by atoms with Crippen molar-refractivity contribution in [3.8, 4) is 11.6 Å². The molecule has 0 amide bonds. The third kappa shape index (κ3) is 3.57. The maximum Gasteiger partial charge on any atom is 0.268 e. The highest BCUT2D eigenvalue weighted by atomic mass is 35.5. The summed E-state index contributed by atoms with van der Waals surface area (Å²) in [6.45, 7) is 0. The number of hydrogen-bond acceptors (Lipinski definition) is 5. The fourth-order valence-electron chi connectivity index (χ4n) is 2.11. The van der Waals surface area contributed by atoms with Crippen LogP contribution in [0.4, 0.5) is 10.2 Å². The smallest absolute Gasteiger partial charge is 0.268 e. The van der Waals surface area contributed by atoms with Crippen LogP contribution in [0.5, 0.6) is 5.75 Å². The maximum atomic E-state index is 12.9. The molecule has 2 aromatic heterocycles. The van der Waals surface area contributed by atoms with Crippen molar-refractivity contribution in [1.82, 2.24) is 14.8 Å². The molecular formula is C15H12ClFN4O3S. The molecule has 0 atom stereocenters. The molecule has 3 aromatic rings. The predicted molar refractivity (Wildman–Crippen MR) is 90.1 cm³/mol. The first kappa shape index (κ1) is 17.2. The first-order chi connectivity index (χ1) is 11.9. The van der Waals surface area contributed by atoms with Crippen molar-refractivity contribution in [2.75, 3.05) is 11.8 Å². The van der Waals surface area contributed by atoms with Crippen LogP contribution in [-0.4, -0.2) is 30.3 Å². The molecular weight excluding hydrogens is 371 g/mol. The molecule has 25 heavy (non-hydrogen) atoms. The van der Waals surface area contributed by atoms with Crippen molar-refractivity contribution in [2.45, 2.75) is 4.90 Å². The highest BCUT2D eigenvalue weighted by molar-refractivity contribution is 7.93. The molecule has 0 radical (unpaired) electrons. The maximum absolute atomic E-state index is 12.9. The number of halogens is 2. The number of pyridine rings is 1. The van der Waals surface area contributed by atoms with Crippen LogP contribution < -0.4 is 9.46 Å². The molecule has 2 heterocycles.